The smallest absolute Gasteiger partial charge is 0.195 e. The average molecular weight is 218 g/mol. The molecule has 1 aromatic carbocycles. The van der Waals surface area contributed by atoms with Crippen LogP contribution in [0.2, 0.25) is 0 Å². The molecule has 0 saturated carbocycles. The minimum Gasteiger partial charge on any atom is -0.385 e. The molecule has 1 saturated heterocycles. The van der Waals surface area contributed by atoms with E-state index in [1.807, 2.05) is 0 Å². The second kappa shape index (κ2) is 2.78. The van der Waals surface area contributed by atoms with Gasteiger partial charge in [0.2, 0.25) is 0 Å². The number of benzene rings is 1. The van der Waals surface area contributed by atoms with Crippen LogP contribution in [0.25, 0.3) is 0 Å². The molecular weight excluding hydrogens is 208 g/mol. The van der Waals surface area contributed by atoms with Crippen LogP contribution in [0.4, 0.5) is 0 Å². The first kappa shape index (κ1) is 9.69. The number of carbonyl (C=O) groups excluding carboxylic acids is 2. The Labute approximate surface area is 91.8 Å². The second-order valence-corrected chi connectivity index (χ2v) is 4.20. The Hall–Kier alpha value is -1.52. The maximum absolute atomic E-state index is 11.9. The van der Waals surface area contributed by atoms with Gasteiger partial charge in [-0.05, 0) is 12.5 Å². The van der Waals surface area contributed by atoms with E-state index >= 15 is 0 Å². The van der Waals surface area contributed by atoms with E-state index in [2.05, 4.69) is 0 Å². The zero-order valence-corrected chi connectivity index (χ0v) is 8.64. The monoisotopic (exact) mass is 218 g/mol. The first-order chi connectivity index (χ1) is 7.59. The molecule has 0 aromatic heterocycles. The molecule has 1 aromatic rings. The summed E-state index contributed by atoms with van der Waals surface area (Å²) in [6.45, 7) is 1.34. The van der Waals surface area contributed by atoms with Crippen LogP contribution in [0.1, 0.15) is 28.9 Å². The largest absolute Gasteiger partial charge is 0.385 e. The summed E-state index contributed by atoms with van der Waals surface area (Å²) in [6, 6.07) is 6.76. The third-order valence-electron chi connectivity index (χ3n) is 3.36. The number of aliphatic hydroxyl groups is 1. The minimum atomic E-state index is -1.31. The molecular formula is C12H10O4. The molecule has 1 aliphatic heterocycles. The molecule has 3 rings (SSSR count). The summed E-state index contributed by atoms with van der Waals surface area (Å²) >= 11 is 0. The Kier molecular flexibility index (Phi) is 1.68. The van der Waals surface area contributed by atoms with Crippen molar-refractivity contribution in [2.45, 2.75) is 24.7 Å². The predicted octanol–water partition coefficient (Wildman–Crippen LogP) is 0.643. The van der Waals surface area contributed by atoms with Gasteiger partial charge in [-0.15, -0.1) is 0 Å². The maximum Gasteiger partial charge on any atom is 0.195 e. The Morgan fingerprint density at radius 3 is 2.81 bits per heavy atom. The SMILES string of the molecule is CC(=O)C12OC1C(=O)c1ccccc1C2O. The van der Waals surface area contributed by atoms with Gasteiger partial charge in [0, 0.05) is 5.56 Å². The summed E-state index contributed by atoms with van der Waals surface area (Å²) in [5.41, 5.74) is -0.378. The highest BCUT2D eigenvalue weighted by Gasteiger charge is 2.71. The number of hydrogen-bond donors (Lipinski definition) is 1. The summed E-state index contributed by atoms with van der Waals surface area (Å²) in [4.78, 5) is 23.4. The third-order valence-corrected chi connectivity index (χ3v) is 3.36. The van der Waals surface area contributed by atoms with Crippen LogP contribution in [0.3, 0.4) is 0 Å². The number of epoxide rings is 1. The number of rotatable bonds is 1. The molecule has 1 aliphatic carbocycles. The maximum atomic E-state index is 11.9. The van der Waals surface area contributed by atoms with Crippen molar-refractivity contribution in [1.29, 1.82) is 0 Å². The van der Waals surface area contributed by atoms with Gasteiger partial charge in [-0.25, -0.2) is 0 Å². The second-order valence-electron chi connectivity index (χ2n) is 4.20. The summed E-state index contributed by atoms with van der Waals surface area (Å²) in [7, 11) is 0. The fourth-order valence-corrected chi connectivity index (χ4v) is 2.41. The van der Waals surface area contributed by atoms with Crippen LogP contribution in [0, 0.1) is 0 Å². The predicted molar refractivity (Wildman–Crippen MR) is 54.0 cm³/mol. The summed E-state index contributed by atoms with van der Waals surface area (Å²) in [6.07, 6.45) is -1.83. The van der Waals surface area contributed by atoms with Crippen LogP contribution in [-0.4, -0.2) is 28.4 Å². The van der Waals surface area contributed by atoms with Crippen molar-refractivity contribution in [1.82, 2.24) is 0 Å². The molecule has 16 heavy (non-hydrogen) atoms. The number of Topliss-reactive ketones (excluding diaryl/α,β-unsaturated/α-hetero) is 2. The molecule has 2 aliphatic rings. The number of ketones is 2. The lowest BCUT2D eigenvalue weighted by atomic mass is 9.79. The molecule has 3 unspecified atom stereocenters. The molecule has 0 amide bonds. The van der Waals surface area contributed by atoms with Crippen molar-refractivity contribution in [3.8, 4) is 0 Å². The first-order valence-electron chi connectivity index (χ1n) is 5.09. The highest BCUT2D eigenvalue weighted by molar-refractivity contribution is 6.11. The molecule has 4 heteroatoms. The van der Waals surface area contributed by atoms with Gasteiger partial charge in [0.05, 0.1) is 0 Å². The van der Waals surface area contributed by atoms with Crippen molar-refractivity contribution < 1.29 is 19.4 Å². The minimum absolute atomic E-state index is 0.212. The fourth-order valence-electron chi connectivity index (χ4n) is 2.41. The molecule has 82 valence electrons. The third kappa shape index (κ3) is 0.911. The quantitative estimate of drug-likeness (QED) is 0.702. The van der Waals surface area contributed by atoms with Crippen molar-refractivity contribution in [2.75, 3.05) is 0 Å². The van der Waals surface area contributed by atoms with Crippen LogP contribution in [-0.2, 0) is 9.53 Å². The van der Waals surface area contributed by atoms with Gasteiger partial charge in [-0.1, -0.05) is 24.3 Å². The van der Waals surface area contributed by atoms with Crippen LogP contribution in [0.15, 0.2) is 24.3 Å². The lowest BCUT2D eigenvalue weighted by Gasteiger charge is -2.23. The van der Waals surface area contributed by atoms with E-state index in [-0.39, 0.29) is 11.6 Å². The molecule has 0 spiro atoms. The lowest BCUT2D eigenvalue weighted by Crippen LogP contribution is -2.39. The van der Waals surface area contributed by atoms with Gasteiger partial charge in [0.15, 0.2) is 23.3 Å². The molecule has 0 bridgehead atoms. The Balaban J connectivity index is 2.19. The van der Waals surface area contributed by atoms with Gasteiger partial charge in [-0.2, -0.15) is 0 Å². The molecule has 3 atom stereocenters. The summed E-state index contributed by atoms with van der Waals surface area (Å²) in [5, 5.41) is 10.1. The normalized spacial score (nSPS) is 35.2. The van der Waals surface area contributed by atoms with E-state index in [4.69, 9.17) is 4.74 Å². The summed E-state index contributed by atoms with van der Waals surface area (Å²) < 4.78 is 5.18. The highest BCUT2D eigenvalue weighted by atomic mass is 16.6. The van der Waals surface area contributed by atoms with Crippen molar-refractivity contribution in [3.05, 3.63) is 35.4 Å². The molecule has 0 radical (unpaired) electrons. The summed E-state index contributed by atoms with van der Waals surface area (Å²) in [5.74, 6) is -0.510. The highest BCUT2D eigenvalue weighted by Crippen LogP contribution is 2.53. The van der Waals surface area contributed by atoms with Gasteiger partial charge in [0.25, 0.3) is 0 Å². The molecule has 4 nitrogen and oxygen atoms in total. The molecule has 1 N–H and O–H groups in total. The number of aliphatic hydroxyl groups excluding tert-OH is 1. The van der Waals surface area contributed by atoms with Gasteiger partial charge in [-0.3, -0.25) is 9.59 Å². The van der Waals surface area contributed by atoms with E-state index in [1.165, 1.54) is 6.92 Å². The average Bonchev–Trinajstić information content (AvgIpc) is 3.03. The van der Waals surface area contributed by atoms with E-state index in [0.29, 0.717) is 11.1 Å². The standard InChI is InChI=1S/C12H10O4/c1-6(13)12-10(15)8-5-3-2-4-7(8)9(14)11(12)16-12/h2-5,10-11,15H,1H3. The van der Waals surface area contributed by atoms with E-state index in [9.17, 15) is 14.7 Å². The zero-order chi connectivity index (χ0) is 11.5. The molecule has 1 heterocycles. The van der Waals surface area contributed by atoms with Crippen LogP contribution < -0.4 is 0 Å². The number of fused-ring (bicyclic) bond motifs is 2. The van der Waals surface area contributed by atoms with E-state index < -0.39 is 17.8 Å². The number of hydrogen-bond acceptors (Lipinski definition) is 4. The Morgan fingerprint density at radius 1 is 1.44 bits per heavy atom. The number of ether oxygens (including phenoxy) is 1. The Bertz CT molecular complexity index is 507. The van der Waals surface area contributed by atoms with Crippen LogP contribution >= 0.6 is 0 Å². The first-order valence-corrected chi connectivity index (χ1v) is 5.09. The topological polar surface area (TPSA) is 66.9 Å². The fraction of sp³-hybridized carbons (Fsp3) is 0.333. The number of carbonyl (C=O) groups is 2. The van der Waals surface area contributed by atoms with Crippen molar-refractivity contribution >= 4 is 11.6 Å². The van der Waals surface area contributed by atoms with Crippen molar-refractivity contribution in [2.24, 2.45) is 0 Å². The van der Waals surface area contributed by atoms with Crippen LogP contribution in [0.5, 0.6) is 0 Å². The lowest BCUT2D eigenvalue weighted by molar-refractivity contribution is -0.126. The van der Waals surface area contributed by atoms with E-state index in [1.54, 1.807) is 24.3 Å². The van der Waals surface area contributed by atoms with Gasteiger partial charge < -0.3 is 9.84 Å². The van der Waals surface area contributed by atoms with Gasteiger partial charge >= 0.3 is 0 Å². The van der Waals surface area contributed by atoms with E-state index in [0.717, 1.165) is 0 Å². The Morgan fingerprint density at radius 2 is 2.12 bits per heavy atom. The zero-order valence-electron chi connectivity index (χ0n) is 8.64. The van der Waals surface area contributed by atoms with Crippen molar-refractivity contribution in [3.63, 3.8) is 0 Å². The molecule has 1 fully saturated rings. The van der Waals surface area contributed by atoms with Gasteiger partial charge in [0.1, 0.15) is 6.10 Å².